The Hall–Kier alpha value is -1.99. The molecule has 0 spiro atoms. The van der Waals surface area contributed by atoms with Crippen LogP contribution in [0.15, 0.2) is 24.5 Å². The molecule has 2 aromatic rings. The van der Waals surface area contributed by atoms with Crippen LogP contribution in [0.2, 0.25) is 5.02 Å². The van der Waals surface area contributed by atoms with Gasteiger partial charge in [-0.1, -0.05) is 17.7 Å². The molecule has 0 fully saturated rings. The molecule has 106 valence electrons. The van der Waals surface area contributed by atoms with E-state index in [4.69, 9.17) is 11.6 Å². The zero-order valence-corrected chi connectivity index (χ0v) is 11.7. The third-order valence-corrected chi connectivity index (χ3v) is 3.03. The number of nitro benzene ring substituents is 1. The Balaban J connectivity index is 1.85. The number of nitrogens with zero attached hydrogens (tertiary/aromatic N) is 4. The van der Waals surface area contributed by atoms with Crippen molar-refractivity contribution < 1.29 is 4.92 Å². The van der Waals surface area contributed by atoms with Crippen molar-refractivity contribution in [3.63, 3.8) is 0 Å². The molecule has 0 radical (unpaired) electrons. The maximum absolute atomic E-state index is 10.8. The zero-order chi connectivity index (χ0) is 14.5. The van der Waals surface area contributed by atoms with Crippen LogP contribution in [0, 0.1) is 10.1 Å². The van der Waals surface area contributed by atoms with Gasteiger partial charge in [0.15, 0.2) is 5.82 Å². The molecular formula is C12H14ClN5O2. The summed E-state index contributed by atoms with van der Waals surface area (Å²) in [6, 6.07) is 4.78. The summed E-state index contributed by atoms with van der Waals surface area (Å²) in [5, 5.41) is 18.3. The van der Waals surface area contributed by atoms with E-state index in [0.29, 0.717) is 19.5 Å². The molecule has 1 heterocycles. The summed E-state index contributed by atoms with van der Waals surface area (Å²) in [5.41, 5.74) is 0.743. The quantitative estimate of drug-likeness (QED) is 0.498. The average Bonchev–Trinajstić information content (AvgIpc) is 2.82. The number of aryl methyl sites for hydroxylation is 1. The van der Waals surface area contributed by atoms with Crippen LogP contribution >= 0.6 is 11.6 Å². The lowest BCUT2D eigenvalue weighted by molar-refractivity contribution is -0.384. The molecule has 1 N–H and O–H groups in total. The number of nitro groups is 1. The van der Waals surface area contributed by atoms with Crippen LogP contribution in [0.3, 0.4) is 0 Å². The summed E-state index contributed by atoms with van der Waals surface area (Å²) in [6.07, 6.45) is 2.36. The van der Waals surface area contributed by atoms with E-state index in [1.165, 1.54) is 12.1 Å². The van der Waals surface area contributed by atoms with Gasteiger partial charge in [0, 0.05) is 32.6 Å². The van der Waals surface area contributed by atoms with Gasteiger partial charge in [-0.3, -0.25) is 14.8 Å². The maximum Gasteiger partial charge on any atom is 0.288 e. The summed E-state index contributed by atoms with van der Waals surface area (Å²) in [6.45, 7) is 1.23. The fourth-order valence-corrected chi connectivity index (χ4v) is 1.93. The topological polar surface area (TPSA) is 85.9 Å². The molecule has 0 aliphatic rings. The summed E-state index contributed by atoms with van der Waals surface area (Å²) >= 11 is 5.75. The highest BCUT2D eigenvalue weighted by Gasteiger charge is 2.12. The van der Waals surface area contributed by atoms with Crippen LogP contribution in [-0.2, 0) is 20.0 Å². The first-order valence-electron chi connectivity index (χ1n) is 6.04. The highest BCUT2D eigenvalue weighted by Crippen LogP contribution is 2.24. The second kappa shape index (κ2) is 6.44. The predicted octanol–water partition coefficient (Wildman–Crippen LogP) is 1.71. The maximum atomic E-state index is 10.8. The molecule has 0 saturated heterocycles. The van der Waals surface area contributed by atoms with Gasteiger partial charge in [-0.15, -0.1) is 0 Å². The minimum atomic E-state index is -0.482. The molecule has 0 aliphatic heterocycles. The number of nitrogens with one attached hydrogen (secondary N) is 1. The number of rotatable bonds is 6. The first kappa shape index (κ1) is 14.4. The van der Waals surface area contributed by atoms with Crippen molar-refractivity contribution in [2.75, 3.05) is 6.54 Å². The molecule has 0 aliphatic carbocycles. The first-order chi connectivity index (χ1) is 9.56. The van der Waals surface area contributed by atoms with E-state index in [9.17, 15) is 10.1 Å². The van der Waals surface area contributed by atoms with Crippen LogP contribution in [0.25, 0.3) is 0 Å². The Labute approximate surface area is 120 Å². The Bertz CT molecular complexity index is 614. The Morgan fingerprint density at radius 3 is 2.95 bits per heavy atom. The van der Waals surface area contributed by atoms with Crippen molar-refractivity contribution in [1.82, 2.24) is 20.1 Å². The molecule has 2 rings (SSSR count). The van der Waals surface area contributed by atoms with E-state index in [1.54, 1.807) is 17.1 Å². The first-order valence-corrected chi connectivity index (χ1v) is 6.42. The second-order valence-electron chi connectivity index (χ2n) is 4.30. The molecule has 0 saturated carbocycles. The number of hydrogen-bond donors (Lipinski definition) is 1. The molecule has 1 aromatic heterocycles. The molecule has 0 amide bonds. The fourth-order valence-electron chi connectivity index (χ4n) is 1.74. The fraction of sp³-hybridized carbons (Fsp3) is 0.333. The summed E-state index contributed by atoms with van der Waals surface area (Å²) in [4.78, 5) is 14.4. The molecule has 0 atom stereocenters. The van der Waals surface area contributed by atoms with Gasteiger partial charge in [-0.25, -0.2) is 4.98 Å². The van der Waals surface area contributed by atoms with E-state index < -0.39 is 4.92 Å². The van der Waals surface area contributed by atoms with Crippen LogP contribution < -0.4 is 5.32 Å². The normalized spacial score (nSPS) is 10.7. The SMILES string of the molecule is Cn1cnc(CCNCc2ccc(Cl)c([N+](=O)[O-])c2)n1. The van der Waals surface area contributed by atoms with Gasteiger partial charge in [0.05, 0.1) is 4.92 Å². The predicted molar refractivity (Wildman–Crippen MR) is 74.5 cm³/mol. The van der Waals surface area contributed by atoms with Crippen molar-refractivity contribution in [1.29, 1.82) is 0 Å². The van der Waals surface area contributed by atoms with Crippen molar-refractivity contribution >= 4 is 17.3 Å². The van der Waals surface area contributed by atoms with Gasteiger partial charge in [0.1, 0.15) is 11.3 Å². The average molecular weight is 296 g/mol. The Morgan fingerprint density at radius 2 is 2.30 bits per heavy atom. The standard InChI is InChI=1S/C12H14ClN5O2/c1-17-8-15-12(16-17)4-5-14-7-9-2-3-10(13)11(6-9)18(19)20/h2-3,6,8,14H,4-5,7H2,1H3. The van der Waals surface area contributed by atoms with Crippen molar-refractivity contribution in [3.05, 3.63) is 51.1 Å². The zero-order valence-electron chi connectivity index (χ0n) is 10.9. The minimum Gasteiger partial charge on any atom is -0.312 e. The van der Waals surface area contributed by atoms with Gasteiger partial charge in [-0.05, 0) is 11.6 Å². The van der Waals surface area contributed by atoms with E-state index >= 15 is 0 Å². The Kier molecular flexibility index (Phi) is 4.65. The van der Waals surface area contributed by atoms with Crippen molar-refractivity contribution in [3.8, 4) is 0 Å². The smallest absolute Gasteiger partial charge is 0.288 e. The van der Waals surface area contributed by atoms with Gasteiger partial charge in [0.25, 0.3) is 5.69 Å². The van der Waals surface area contributed by atoms with Gasteiger partial charge in [0.2, 0.25) is 0 Å². The van der Waals surface area contributed by atoms with Crippen molar-refractivity contribution in [2.24, 2.45) is 7.05 Å². The third-order valence-electron chi connectivity index (χ3n) is 2.71. The molecule has 8 heteroatoms. The monoisotopic (exact) mass is 295 g/mol. The second-order valence-corrected chi connectivity index (χ2v) is 4.71. The van der Waals surface area contributed by atoms with Gasteiger partial charge < -0.3 is 5.32 Å². The van der Waals surface area contributed by atoms with E-state index in [1.807, 2.05) is 7.05 Å². The number of aromatic nitrogens is 3. The van der Waals surface area contributed by atoms with E-state index in [0.717, 1.165) is 11.4 Å². The summed E-state index contributed by atoms with van der Waals surface area (Å²) in [5.74, 6) is 0.766. The molecule has 20 heavy (non-hydrogen) atoms. The van der Waals surface area contributed by atoms with Crippen LogP contribution in [0.5, 0.6) is 0 Å². The summed E-state index contributed by atoms with van der Waals surface area (Å²) < 4.78 is 1.65. The van der Waals surface area contributed by atoms with E-state index in [-0.39, 0.29) is 10.7 Å². The summed E-state index contributed by atoms with van der Waals surface area (Å²) in [7, 11) is 1.82. The number of hydrogen-bond acceptors (Lipinski definition) is 5. The van der Waals surface area contributed by atoms with E-state index in [2.05, 4.69) is 15.4 Å². The lowest BCUT2D eigenvalue weighted by Gasteiger charge is -2.04. The van der Waals surface area contributed by atoms with Gasteiger partial charge in [-0.2, -0.15) is 5.10 Å². The number of halogens is 1. The molecular weight excluding hydrogens is 282 g/mol. The van der Waals surface area contributed by atoms with Crippen LogP contribution in [0.4, 0.5) is 5.69 Å². The van der Waals surface area contributed by atoms with Gasteiger partial charge >= 0.3 is 0 Å². The molecule has 7 nitrogen and oxygen atoms in total. The molecule has 0 bridgehead atoms. The Morgan fingerprint density at radius 1 is 1.50 bits per heavy atom. The minimum absolute atomic E-state index is 0.0719. The van der Waals surface area contributed by atoms with Crippen molar-refractivity contribution in [2.45, 2.75) is 13.0 Å². The highest BCUT2D eigenvalue weighted by molar-refractivity contribution is 6.32. The highest BCUT2D eigenvalue weighted by atomic mass is 35.5. The molecule has 0 unspecified atom stereocenters. The number of benzene rings is 1. The van der Waals surface area contributed by atoms with Crippen LogP contribution in [0.1, 0.15) is 11.4 Å². The van der Waals surface area contributed by atoms with Crippen LogP contribution in [-0.4, -0.2) is 26.2 Å². The molecule has 1 aromatic carbocycles. The lowest BCUT2D eigenvalue weighted by atomic mass is 10.2. The largest absolute Gasteiger partial charge is 0.312 e. The third kappa shape index (κ3) is 3.75. The lowest BCUT2D eigenvalue weighted by Crippen LogP contribution is -2.17.